The van der Waals surface area contributed by atoms with Gasteiger partial charge in [-0.05, 0) is 77.0 Å². The third-order valence-electron chi connectivity index (χ3n) is 14.1. The Morgan fingerprint density at radius 2 is 0.713 bits per heavy atom. The fourth-order valence-electron chi connectivity index (χ4n) is 9.08. The maximum atomic E-state index is 12.9. The molecule has 80 heavy (non-hydrogen) atoms. The molecule has 0 fully saturated rings. The van der Waals surface area contributed by atoms with E-state index in [-0.39, 0.29) is 32.2 Å². The van der Waals surface area contributed by atoms with Crippen LogP contribution in [0.2, 0.25) is 0 Å². The van der Waals surface area contributed by atoms with Crippen molar-refractivity contribution in [2.24, 2.45) is 0 Å². The topological polar surface area (TPSA) is 111 Å². The highest BCUT2D eigenvalue weighted by Crippen LogP contribution is 2.17. The van der Waals surface area contributed by atoms with Gasteiger partial charge in [0, 0.05) is 12.8 Å². The van der Waals surface area contributed by atoms with Crippen LogP contribution in [0.5, 0.6) is 0 Å². The Balaban J connectivity index is 4.08. The van der Waals surface area contributed by atoms with E-state index in [1.54, 1.807) is 0 Å². The van der Waals surface area contributed by atoms with Gasteiger partial charge >= 0.3 is 11.9 Å². The van der Waals surface area contributed by atoms with Crippen LogP contribution in [0, 0.1) is 0 Å². The minimum atomic E-state index is -1.62. The summed E-state index contributed by atoms with van der Waals surface area (Å²) in [5, 5.41) is 11.8. The van der Waals surface area contributed by atoms with Crippen LogP contribution in [0.4, 0.5) is 0 Å². The van der Waals surface area contributed by atoms with Crippen molar-refractivity contribution in [3.8, 4) is 0 Å². The second-order valence-electron chi connectivity index (χ2n) is 23.0. The van der Waals surface area contributed by atoms with Crippen molar-refractivity contribution in [2.45, 2.75) is 289 Å². The van der Waals surface area contributed by atoms with Gasteiger partial charge in [0.2, 0.25) is 0 Å². The number of ether oxygens (including phenoxy) is 4. The Bertz CT molecular complexity index is 1630. The number of unbranched alkanes of at least 4 members (excludes halogenated alkanes) is 29. The third kappa shape index (κ3) is 61.8. The maximum Gasteiger partial charge on any atom is 0.306 e. The standard InChI is InChI=1S/C71H123NO8/c1-6-8-10-12-14-16-18-20-22-24-25-26-27-28-29-30-31-32-33-34-35-36-37-38-39-40-41-42-43-44-45-46-48-50-52-54-56-58-60-62-69(74)80-67(66-79-71(70(75)76)77-64-63-72(3,4)5)65-78-68(73)61-59-57-55-53-51-49-47-23-21-19-17-15-13-11-9-7-2/h8,10,14,16,20,22,25-26,28-29,31-32,34-35,37-38,67,71H,6-7,9,11-13,15,17-19,21,23-24,27,30,33,36,39-66H2,1-5H3/b10-8-,16-14-,22-20-,26-25-,29-28-,32-31-,35-34-,38-37-. The first-order valence-corrected chi connectivity index (χ1v) is 32.9. The van der Waals surface area contributed by atoms with Crippen molar-refractivity contribution < 1.29 is 42.9 Å². The zero-order valence-corrected chi connectivity index (χ0v) is 52.4. The second-order valence-corrected chi connectivity index (χ2v) is 23.0. The molecule has 0 N–H and O–H groups in total. The molecule has 0 aliphatic rings. The summed E-state index contributed by atoms with van der Waals surface area (Å²) in [5.41, 5.74) is 0. The molecule has 0 heterocycles. The van der Waals surface area contributed by atoms with Crippen molar-refractivity contribution in [2.75, 3.05) is 47.5 Å². The molecular formula is C71H123NO8. The van der Waals surface area contributed by atoms with Gasteiger partial charge in [0.25, 0.3) is 0 Å². The Kier molecular flexibility index (Phi) is 58.4. The van der Waals surface area contributed by atoms with Crippen LogP contribution in [0.3, 0.4) is 0 Å². The van der Waals surface area contributed by atoms with Crippen LogP contribution in [0.1, 0.15) is 277 Å². The highest BCUT2D eigenvalue weighted by atomic mass is 16.7. The summed E-state index contributed by atoms with van der Waals surface area (Å²) in [6, 6.07) is 0. The van der Waals surface area contributed by atoms with Crippen LogP contribution >= 0.6 is 0 Å². The molecule has 0 aromatic carbocycles. The number of rotatable bonds is 60. The molecule has 0 rings (SSSR count). The van der Waals surface area contributed by atoms with E-state index in [1.807, 2.05) is 21.1 Å². The summed E-state index contributed by atoms with van der Waals surface area (Å²) in [6.45, 7) is 4.66. The Hall–Kier alpha value is -3.79. The van der Waals surface area contributed by atoms with Crippen molar-refractivity contribution in [1.29, 1.82) is 0 Å². The number of hydrogen-bond donors (Lipinski definition) is 0. The fraction of sp³-hybridized carbons (Fsp3) is 0.732. The summed E-state index contributed by atoms with van der Waals surface area (Å²) in [5.74, 6) is -2.27. The maximum absolute atomic E-state index is 12.9. The van der Waals surface area contributed by atoms with Crippen LogP contribution in [-0.4, -0.2) is 82.3 Å². The molecule has 0 radical (unpaired) electrons. The summed E-state index contributed by atoms with van der Waals surface area (Å²) >= 11 is 0. The number of carboxylic acids is 1. The zero-order valence-electron chi connectivity index (χ0n) is 52.4. The summed E-state index contributed by atoms with van der Waals surface area (Å²) < 4.78 is 22.7. The van der Waals surface area contributed by atoms with Crippen molar-refractivity contribution >= 4 is 17.9 Å². The lowest BCUT2D eigenvalue weighted by atomic mass is 10.0. The fourth-order valence-corrected chi connectivity index (χ4v) is 9.08. The van der Waals surface area contributed by atoms with Crippen molar-refractivity contribution in [3.63, 3.8) is 0 Å². The molecule has 0 aromatic rings. The van der Waals surface area contributed by atoms with Crippen LogP contribution < -0.4 is 5.11 Å². The van der Waals surface area contributed by atoms with Crippen molar-refractivity contribution in [3.05, 3.63) is 97.2 Å². The smallest absolute Gasteiger partial charge is 0.306 e. The van der Waals surface area contributed by atoms with Gasteiger partial charge in [-0.15, -0.1) is 0 Å². The van der Waals surface area contributed by atoms with Gasteiger partial charge in [-0.3, -0.25) is 9.59 Å². The highest BCUT2D eigenvalue weighted by Gasteiger charge is 2.22. The van der Waals surface area contributed by atoms with E-state index in [9.17, 15) is 19.5 Å². The molecule has 0 saturated carbocycles. The molecule has 460 valence electrons. The van der Waals surface area contributed by atoms with E-state index >= 15 is 0 Å². The largest absolute Gasteiger partial charge is 0.545 e. The minimum Gasteiger partial charge on any atom is -0.545 e. The van der Waals surface area contributed by atoms with Gasteiger partial charge in [-0.25, -0.2) is 0 Å². The first-order valence-electron chi connectivity index (χ1n) is 32.9. The second kappa shape index (κ2) is 61.3. The first kappa shape index (κ1) is 76.2. The average molecular weight is 1120 g/mol. The van der Waals surface area contributed by atoms with Gasteiger partial charge in [0.15, 0.2) is 12.4 Å². The summed E-state index contributed by atoms with van der Waals surface area (Å²) in [4.78, 5) is 37.3. The van der Waals surface area contributed by atoms with Gasteiger partial charge in [-0.2, -0.15) is 0 Å². The van der Waals surface area contributed by atoms with E-state index in [4.69, 9.17) is 18.9 Å². The average Bonchev–Trinajstić information content (AvgIpc) is 3.43. The molecular weight excluding hydrogens is 995 g/mol. The number of carboxylic acid groups (broad SMARTS) is 1. The van der Waals surface area contributed by atoms with Crippen LogP contribution in [0.25, 0.3) is 0 Å². The first-order chi connectivity index (χ1) is 39.1. The van der Waals surface area contributed by atoms with E-state index in [1.165, 1.54) is 154 Å². The number of esters is 2. The molecule has 0 aliphatic heterocycles. The summed E-state index contributed by atoms with van der Waals surface area (Å²) in [7, 11) is 5.93. The van der Waals surface area contributed by atoms with Gasteiger partial charge in [0.1, 0.15) is 13.2 Å². The number of carbonyl (C=O) groups is 3. The van der Waals surface area contributed by atoms with Crippen LogP contribution in [-0.2, 0) is 33.3 Å². The summed E-state index contributed by atoms with van der Waals surface area (Å²) in [6.07, 6.45) is 80.5. The quantitative estimate of drug-likeness (QED) is 0.0195. The van der Waals surface area contributed by atoms with Gasteiger partial charge in [-0.1, -0.05) is 284 Å². The monoisotopic (exact) mass is 1120 g/mol. The predicted octanol–water partition coefficient (Wildman–Crippen LogP) is 18.7. The molecule has 0 aromatic heterocycles. The number of aliphatic carboxylic acids is 1. The van der Waals surface area contributed by atoms with Crippen LogP contribution in [0.15, 0.2) is 97.2 Å². The third-order valence-corrected chi connectivity index (χ3v) is 14.1. The molecule has 0 aliphatic carbocycles. The highest BCUT2D eigenvalue weighted by molar-refractivity contribution is 5.70. The molecule has 2 unspecified atom stereocenters. The number of allylic oxidation sites excluding steroid dienone is 16. The lowest BCUT2D eigenvalue weighted by molar-refractivity contribution is -0.870. The normalized spacial score (nSPS) is 13.4. The zero-order chi connectivity index (χ0) is 58.3. The van der Waals surface area contributed by atoms with E-state index < -0.39 is 24.3 Å². The molecule has 0 spiro atoms. The van der Waals surface area contributed by atoms with E-state index in [2.05, 4.69) is 111 Å². The molecule has 0 saturated heterocycles. The van der Waals surface area contributed by atoms with Gasteiger partial charge < -0.3 is 33.3 Å². The van der Waals surface area contributed by atoms with Gasteiger partial charge in [0.05, 0.1) is 40.3 Å². The lowest BCUT2D eigenvalue weighted by Gasteiger charge is -2.26. The Morgan fingerprint density at radius 3 is 1.06 bits per heavy atom. The molecule has 0 amide bonds. The number of likely N-dealkylation sites (N-methyl/N-ethyl adjacent to an activating group) is 1. The minimum absolute atomic E-state index is 0.147. The number of nitrogens with zero attached hydrogens (tertiary/aromatic N) is 1. The lowest BCUT2D eigenvalue weighted by Crippen LogP contribution is -2.44. The predicted molar refractivity (Wildman–Crippen MR) is 338 cm³/mol. The number of quaternary nitrogens is 1. The van der Waals surface area contributed by atoms with E-state index in [0.717, 1.165) is 89.9 Å². The van der Waals surface area contributed by atoms with E-state index in [0.29, 0.717) is 23.9 Å². The Labute approximate surface area is 492 Å². The SMILES string of the molecule is CC/C=C\C/C=C\C/C=C\C/C=C\C/C=C\C/C=C\C/C=C\C/C=C\CCCCCCCCCCCCCCCCC(=O)OC(COC(=O)CCCCCCCCCCCCCCCCCC)COC(OCC[N+](C)(C)C)C(=O)[O-]. The Morgan fingerprint density at radius 1 is 0.388 bits per heavy atom. The number of hydrogen-bond acceptors (Lipinski definition) is 8. The molecule has 0 bridgehead atoms. The molecule has 2 atom stereocenters. The molecule has 9 heteroatoms. The number of carbonyl (C=O) groups excluding carboxylic acids is 3. The van der Waals surface area contributed by atoms with Crippen molar-refractivity contribution in [1.82, 2.24) is 0 Å². The molecule has 9 nitrogen and oxygen atoms in total.